The zero-order valence-electron chi connectivity index (χ0n) is 13.3. The molecule has 5 rings (SSSR count). The molecule has 0 saturated heterocycles. The molecule has 0 spiro atoms. The number of hydrogen-bond donors (Lipinski definition) is 2. The average Bonchev–Trinajstić information content (AvgIpc) is 2.45. The maximum absolute atomic E-state index is 5.64. The lowest BCUT2D eigenvalue weighted by atomic mass is 9.53. The maximum atomic E-state index is 5.64. The molecule has 4 saturated carbocycles. The van der Waals surface area contributed by atoms with Crippen molar-refractivity contribution in [2.24, 2.45) is 17.8 Å². The molecule has 4 fully saturated rings. The van der Waals surface area contributed by atoms with E-state index in [1.54, 1.807) is 0 Å². The van der Waals surface area contributed by atoms with Crippen LogP contribution in [0.3, 0.4) is 0 Å². The third-order valence-corrected chi connectivity index (χ3v) is 6.28. The van der Waals surface area contributed by atoms with Crippen molar-refractivity contribution >= 4 is 17.3 Å². The van der Waals surface area contributed by atoms with E-state index in [0.29, 0.717) is 5.54 Å². The van der Waals surface area contributed by atoms with E-state index < -0.39 is 0 Å². The fourth-order valence-electron chi connectivity index (χ4n) is 5.56. The summed E-state index contributed by atoms with van der Waals surface area (Å²) in [5.74, 6) is 2.86. The lowest BCUT2D eigenvalue weighted by Crippen LogP contribution is -2.61. The van der Waals surface area contributed by atoms with Gasteiger partial charge in [0.1, 0.15) is 0 Å². The Labute approximate surface area is 139 Å². The van der Waals surface area contributed by atoms with Gasteiger partial charge in [0, 0.05) is 5.54 Å². The Balaban J connectivity index is 1.40. The Morgan fingerprint density at radius 2 is 1.59 bits per heavy atom. The summed E-state index contributed by atoms with van der Waals surface area (Å²) in [5.41, 5.74) is 1.59. The minimum Gasteiger partial charge on any atom is -0.357 e. The molecule has 3 heteroatoms. The number of benzene rings is 1. The molecule has 1 atom stereocenters. The molecule has 1 aromatic rings. The summed E-state index contributed by atoms with van der Waals surface area (Å²) < 4.78 is 0. The van der Waals surface area contributed by atoms with Crippen molar-refractivity contribution in [1.82, 2.24) is 10.6 Å². The van der Waals surface area contributed by atoms with E-state index in [9.17, 15) is 0 Å². The van der Waals surface area contributed by atoms with Crippen LogP contribution in [0.5, 0.6) is 0 Å². The topological polar surface area (TPSA) is 24.1 Å². The van der Waals surface area contributed by atoms with E-state index in [1.165, 1.54) is 44.1 Å². The lowest BCUT2D eigenvalue weighted by molar-refractivity contribution is -0.0102. The summed E-state index contributed by atoms with van der Waals surface area (Å²) in [6.45, 7) is 2.18. The molecule has 1 unspecified atom stereocenters. The van der Waals surface area contributed by atoms with Gasteiger partial charge in [0.05, 0.1) is 6.04 Å². The Morgan fingerprint density at radius 1 is 1.05 bits per heavy atom. The highest BCUT2D eigenvalue weighted by molar-refractivity contribution is 7.80. The van der Waals surface area contributed by atoms with E-state index in [0.717, 1.165) is 22.9 Å². The van der Waals surface area contributed by atoms with Gasteiger partial charge in [0.25, 0.3) is 0 Å². The van der Waals surface area contributed by atoms with Crippen molar-refractivity contribution in [3.63, 3.8) is 0 Å². The summed E-state index contributed by atoms with van der Waals surface area (Å²) >= 11 is 5.64. The number of thiocarbonyl (C=S) groups is 1. The lowest BCUT2D eigenvalue weighted by Gasteiger charge is -2.57. The quantitative estimate of drug-likeness (QED) is 0.818. The van der Waals surface area contributed by atoms with E-state index in [4.69, 9.17) is 12.2 Å². The Morgan fingerprint density at radius 3 is 2.14 bits per heavy atom. The smallest absolute Gasteiger partial charge is 0.167 e. The largest absolute Gasteiger partial charge is 0.357 e. The molecule has 0 heterocycles. The molecule has 2 N–H and O–H groups in total. The number of hydrogen-bond acceptors (Lipinski definition) is 1. The Bertz CT molecular complexity index is 519. The van der Waals surface area contributed by atoms with Gasteiger partial charge in [-0.25, -0.2) is 0 Å². The van der Waals surface area contributed by atoms with Crippen molar-refractivity contribution in [2.45, 2.75) is 57.0 Å². The molecule has 22 heavy (non-hydrogen) atoms. The molecule has 0 radical (unpaired) electrons. The minimum absolute atomic E-state index is 0.259. The zero-order valence-corrected chi connectivity index (χ0v) is 14.2. The van der Waals surface area contributed by atoms with E-state index in [2.05, 4.69) is 47.9 Å². The number of rotatable bonds is 3. The summed E-state index contributed by atoms with van der Waals surface area (Å²) in [7, 11) is 0. The van der Waals surface area contributed by atoms with E-state index in [-0.39, 0.29) is 6.04 Å². The highest BCUT2D eigenvalue weighted by Gasteiger charge is 2.51. The van der Waals surface area contributed by atoms with Gasteiger partial charge in [-0.3, -0.25) is 0 Å². The second kappa shape index (κ2) is 5.52. The van der Waals surface area contributed by atoms with Crippen molar-refractivity contribution in [3.8, 4) is 0 Å². The van der Waals surface area contributed by atoms with Crippen molar-refractivity contribution < 1.29 is 0 Å². The van der Waals surface area contributed by atoms with Gasteiger partial charge in [-0.1, -0.05) is 30.3 Å². The Kier molecular flexibility index (Phi) is 3.64. The second-order valence-electron chi connectivity index (χ2n) is 7.93. The van der Waals surface area contributed by atoms with Crippen LogP contribution in [0, 0.1) is 17.8 Å². The molecule has 118 valence electrons. The molecule has 1 aromatic carbocycles. The number of nitrogens with one attached hydrogen (secondary N) is 2. The molecule has 4 aliphatic carbocycles. The van der Waals surface area contributed by atoms with Crippen LogP contribution in [0.2, 0.25) is 0 Å². The first-order valence-electron chi connectivity index (χ1n) is 8.75. The predicted octanol–water partition coefficient (Wildman–Crippen LogP) is 4.18. The summed E-state index contributed by atoms with van der Waals surface area (Å²) in [5, 5.41) is 8.08. The van der Waals surface area contributed by atoms with Crippen LogP contribution in [0.25, 0.3) is 0 Å². The molecule has 0 aromatic heterocycles. The van der Waals surface area contributed by atoms with Gasteiger partial charge in [-0.2, -0.15) is 0 Å². The van der Waals surface area contributed by atoms with Crippen LogP contribution < -0.4 is 10.6 Å². The molecular formula is C19H26N2S. The summed E-state index contributed by atoms with van der Waals surface area (Å²) in [4.78, 5) is 0. The van der Waals surface area contributed by atoms with Crippen LogP contribution in [0.4, 0.5) is 0 Å². The van der Waals surface area contributed by atoms with Crippen molar-refractivity contribution in [1.29, 1.82) is 0 Å². The second-order valence-corrected chi connectivity index (χ2v) is 8.34. The molecule has 2 nitrogen and oxygen atoms in total. The highest BCUT2D eigenvalue weighted by Crippen LogP contribution is 2.55. The van der Waals surface area contributed by atoms with Crippen LogP contribution in [-0.2, 0) is 0 Å². The van der Waals surface area contributed by atoms with E-state index >= 15 is 0 Å². The molecule has 0 amide bonds. The first-order chi connectivity index (χ1) is 10.6. The highest BCUT2D eigenvalue weighted by atomic mass is 32.1. The van der Waals surface area contributed by atoms with Crippen molar-refractivity contribution in [2.75, 3.05) is 0 Å². The van der Waals surface area contributed by atoms with Crippen molar-refractivity contribution in [3.05, 3.63) is 35.9 Å². The SMILES string of the molecule is CC(NC(=S)NC12CC3CC(CC(C3)C1)C2)c1ccccc1. The molecular weight excluding hydrogens is 288 g/mol. The summed E-state index contributed by atoms with van der Waals surface area (Å²) in [6, 6.07) is 10.8. The van der Waals surface area contributed by atoms with Gasteiger partial charge < -0.3 is 10.6 Å². The van der Waals surface area contributed by atoms with Gasteiger partial charge in [0.2, 0.25) is 0 Å². The maximum Gasteiger partial charge on any atom is 0.167 e. The third-order valence-electron chi connectivity index (χ3n) is 6.06. The first-order valence-corrected chi connectivity index (χ1v) is 9.16. The fraction of sp³-hybridized carbons (Fsp3) is 0.632. The minimum atomic E-state index is 0.259. The van der Waals surface area contributed by atoms with Gasteiger partial charge >= 0.3 is 0 Å². The normalized spacial score (nSPS) is 36.9. The van der Waals surface area contributed by atoms with Gasteiger partial charge in [-0.05, 0) is 81.0 Å². The fourth-order valence-corrected chi connectivity index (χ4v) is 5.96. The average molecular weight is 314 g/mol. The monoisotopic (exact) mass is 314 g/mol. The molecule has 4 bridgehead atoms. The van der Waals surface area contributed by atoms with Crippen LogP contribution in [0.1, 0.15) is 57.1 Å². The zero-order chi connectivity index (χ0) is 15.2. The van der Waals surface area contributed by atoms with Gasteiger partial charge in [0.15, 0.2) is 5.11 Å². The van der Waals surface area contributed by atoms with Crippen LogP contribution in [0.15, 0.2) is 30.3 Å². The van der Waals surface area contributed by atoms with Crippen LogP contribution in [-0.4, -0.2) is 10.7 Å². The first kappa shape index (κ1) is 14.5. The molecule has 0 aliphatic heterocycles. The predicted molar refractivity (Wildman–Crippen MR) is 94.6 cm³/mol. The van der Waals surface area contributed by atoms with Crippen LogP contribution >= 0.6 is 12.2 Å². The van der Waals surface area contributed by atoms with Gasteiger partial charge in [-0.15, -0.1) is 0 Å². The standard InChI is InChI=1S/C19H26N2S/c1-13(17-5-3-2-4-6-17)20-18(22)21-19-10-14-7-15(11-19)9-16(8-14)12-19/h2-6,13-16H,7-12H2,1H3,(H2,20,21,22). The molecule has 4 aliphatic rings. The summed E-state index contributed by atoms with van der Waals surface area (Å²) in [6.07, 6.45) is 8.42. The van der Waals surface area contributed by atoms with E-state index in [1.807, 2.05) is 0 Å². The Hall–Kier alpha value is -1.09. The third kappa shape index (κ3) is 2.76.